The van der Waals surface area contributed by atoms with Gasteiger partial charge in [-0.3, -0.25) is 4.79 Å². The Morgan fingerprint density at radius 3 is 2.35 bits per heavy atom. The topological polar surface area (TPSA) is 72.8 Å². The predicted octanol–water partition coefficient (Wildman–Crippen LogP) is 0.962. The highest BCUT2D eigenvalue weighted by Gasteiger charge is 2.64. The summed E-state index contributed by atoms with van der Waals surface area (Å²) in [7, 11) is 0. The van der Waals surface area contributed by atoms with Crippen molar-refractivity contribution in [3.05, 3.63) is 0 Å². The van der Waals surface area contributed by atoms with Crippen LogP contribution in [0.5, 0.6) is 0 Å². The summed E-state index contributed by atoms with van der Waals surface area (Å²) < 4.78 is 10.9. The highest BCUT2D eigenvalue weighted by Crippen LogP contribution is 2.64. The van der Waals surface area contributed by atoms with Crippen LogP contribution in [-0.4, -0.2) is 35.4 Å². The van der Waals surface area contributed by atoms with E-state index in [-0.39, 0.29) is 17.8 Å². The second kappa shape index (κ2) is 3.45. The molecule has 2 atom stereocenters. The van der Waals surface area contributed by atoms with E-state index in [2.05, 4.69) is 0 Å². The van der Waals surface area contributed by atoms with Gasteiger partial charge in [0.25, 0.3) is 6.47 Å². The van der Waals surface area contributed by atoms with Crippen molar-refractivity contribution in [3.8, 4) is 0 Å². The van der Waals surface area contributed by atoms with Gasteiger partial charge in [-0.2, -0.15) is 0 Å². The number of carboxylic acid groups (broad SMARTS) is 1. The third-order valence-electron chi connectivity index (χ3n) is 4.65. The predicted molar refractivity (Wildman–Crippen MR) is 56.3 cm³/mol. The standard InChI is InChI=1S/C12H16O5/c13-7-17-12-3-8-1-11(6-12,2-9(8)4-12)16-5-10(14)15/h7-9H,1-6H2,(H,14,15). The maximum Gasteiger partial charge on any atom is 0.329 e. The zero-order valence-electron chi connectivity index (χ0n) is 9.55. The first-order valence-corrected chi connectivity index (χ1v) is 6.04. The number of hydrogen-bond acceptors (Lipinski definition) is 4. The largest absolute Gasteiger partial charge is 0.480 e. The first-order chi connectivity index (χ1) is 8.06. The first-order valence-electron chi connectivity index (χ1n) is 6.04. The highest BCUT2D eigenvalue weighted by molar-refractivity contribution is 5.68. The minimum atomic E-state index is -0.938. The number of aliphatic carboxylic acids is 1. The summed E-state index contributed by atoms with van der Waals surface area (Å²) in [5.41, 5.74) is -0.723. The van der Waals surface area contributed by atoms with Crippen LogP contribution in [0.25, 0.3) is 0 Å². The molecule has 0 aromatic rings. The Morgan fingerprint density at radius 1 is 1.24 bits per heavy atom. The van der Waals surface area contributed by atoms with Crippen LogP contribution in [0.2, 0.25) is 0 Å². The molecule has 5 nitrogen and oxygen atoms in total. The van der Waals surface area contributed by atoms with Gasteiger partial charge in [0.1, 0.15) is 12.2 Å². The van der Waals surface area contributed by atoms with Gasteiger partial charge in [-0.25, -0.2) is 4.79 Å². The van der Waals surface area contributed by atoms with Crippen LogP contribution in [-0.2, 0) is 19.1 Å². The molecular weight excluding hydrogens is 224 g/mol. The van der Waals surface area contributed by atoms with Crippen LogP contribution in [0.4, 0.5) is 0 Å². The molecule has 0 aromatic heterocycles. The lowest BCUT2D eigenvalue weighted by atomic mass is 9.75. The second-order valence-electron chi connectivity index (χ2n) is 5.78. The molecule has 4 rings (SSSR count). The molecule has 4 saturated carbocycles. The lowest BCUT2D eigenvalue weighted by Gasteiger charge is -2.44. The first kappa shape index (κ1) is 11.0. The Morgan fingerprint density at radius 2 is 1.82 bits per heavy atom. The zero-order chi connectivity index (χ0) is 12.1. The molecular formula is C12H16O5. The van der Waals surface area contributed by atoms with Crippen molar-refractivity contribution in [2.24, 2.45) is 11.8 Å². The number of rotatable bonds is 5. The molecule has 0 aromatic carbocycles. The molecule has 0 aliphatic heterocycles. The van der Waals surface area contributed by atoms with E-state index in [1.54, 1.807) is 0 Å². The van der Waals surface area contributed by atoms with E-state index >= 15 is 0 Å². The van der Waals surface area contributed by atoms with E-state index < -0.39 is 5.97 Å². The zero-order valence-corrected chi connectivity index (χ0v) is 9.55. The Kier molecular flexibility index (Phi) is 2.23. The maximum atomic E-state index is 10.6. The van der Waals surface area contributed by atoms with Crippen LogP contribution >= 0.6 is 0 Å². The molecule has 0 saturated heterocycles. The van der Waals surface area contributed by atoms with Gasteiger partial charge in [0.15, 0.2) is 0 Å². The number of carbonyl (C=O) groups excluding carboxylic acids is 1. The van der Waals surface area contributed by atoms with Crippen LogP contribution in [0.1, 0.15) is 32.1 Å². The van der Waals surface area contributed by atoms with Gasteiger partial charge in [0.05, 0.1) is 5.60 Å². The summed E-state index contributed by atoms with van der Waals surface area (Å²) in [6.07, 6.45) is 4.37. The van der Waals surface area contributed by atoms with Crippen LogP contribution in [0.3, 0.4) is 0 Å². The fraction of sp³-hybridized carbons (Fsp3) is 0.833. The van der Waals surface area contributed by atoms with Crippen molar-refractivity contribution < 1.29 is 24.2 Å². The molecule has 4 aliphatic rings. The molecule has 4 fully saturated rings. The van der Waals surface area contributed by atoms with Crippen molar-refractivity contribution in [1.82, 2.24) is 0 Å². The Balaban J connectivity index is 1.76. The summed E-state index contributed by atoms with van der Waals surface area (Å²) in [5.74, 6) is 0.141. The van der Waals surface area contributed by atoms with E-state index in [9.17, 15) is 9.59 Å². The van der Waals surface area contributed by atoms with Gasteiger partial charge in [0.2, 0.25) is 0 Å². The van der Waals surface area contributed by atoms with Crippen molar-refractivity contribution in [2.75, 3.05) is 6.61 Å². The molecule has 0 amide bonds. The summed E-state index contributed by atoms with van der Waals surface area (Å²) >= 11 is 0. The molecule has 4 bridgehead atoms. The molecule has 1 N–H and O–H groups in total. The smallest absolute Gasteiger partial charge is 0.329 e. The van der Waals surface area contributed by atoms with E-state index in [1.165, 1.54) is 0 Å². The fourth-order valence-electron chi connectivity index (χ4n) is 4.39. The van der Waals surface area contributed by atoms with Crippen molar-refractivity contribution in [3.63, 3.8) is 0 Å². The monoisotopic (exact) mass is 240 g/mol. The van der Waals surface area contributed by atoms with Gasteiger partial charge in [-0.15, -0.1) is 0 Å². The maximum absolute atomic E-state index is 10.6. The van der Waals surface area contributed by atoms with Gasteiger partial charge in [0, 0.05) is 6.42 Å². The normalized spacial score (nSPS) is 46.1. The van der Waals surface area contributed by atoms with Crippen molar-refractivity contribution >= 4 is 12.4 Å². The van der Waals surface area contributed by atoms with Crippen LogP contribution < -0.4 is 0 Å². The molecule has 17 heavy (non-hydrogen) atoms. The van der Waals surface area contributed by atoms with Gasteiger partial charge < -0.3 is 14.6 Å². The van der Waals surface area contributed by atoms with Gasteiger partial charge in [-0.1, -0.05) is 0 Å². The Labute approximate surface area is 99.1 Å². The molecule has 0 heterocycles. The number of carbonyl (C=O) groups is 2. The number of carboxylic acids is 1. The van der Waals surface area contributed by atoms with Crippen LogP contribution in [0.15, 0.2) is 0 Å². The molecule has 0 radical (unpaired) electrons. The van der Waals surface area contributed by atoms with E-state index in [4.69, 9.17) is 14.6 Å². The van der Waals surface area contributed by atoms with Crippen molar-refractivity contribution in [1.29, 1.82) is 0 Å². The summed E-state index contributed by atoms with van der Waals surface area (Å²) in [6.45, 7) is 0.272. The third-order valence-corrected chi connectivity index (χ3v) is 4.65. The highest BCUT2D eigenvalue weighted by atomic mass is 16.6. The average molecular weight is 240 g/mol. The van der Waals surface area contributed by atoms with Crippen molar-refractivity contribution in [2.45, 2.75) is 43.3 Å². The SMILES string of the molecule is O=COC12CC3CC(OCC(=O)O)(CC3C1)C2. The van der Waals surface area contributed by atoms with E-state index in [1.807, 2.05) is 0 Å². The summed E-state index contributed by atoms with van der Waals surface area (Å²) in [4.78, 5) is 21.2. The summed E-state index contributed by atoms with van der Waals surface area (Å²) in [6, 6.07) is 0. The number of ether oxygens (including phenoxy) is 2. The quantitative estimate of drug-likeness (QED) is 0.725. The average Bonchev–Trinajstić information content (AvgIpc) is 2.62. The number of hydrogen-bond donors (Lipinski definition) is 1. The van der Waals surface area contributed by atoms with E-state index in [0.717, 1.165) is 25.7 Å². The molecule has 0 spiro atoms. The Bertz CT molecular complexity index is 350. The van der Waals surface area contributed by atoms with Gasteiger partial charge in [-0.05, 0) is 37.5 Å². The minimum absolute atomic E-state index is 0.253. The lowest BCUT2D eigenvalue weighted by Crippen LogP contribution is -2.48. The third kappa shape index (κ3) is 1.64. The molecule has 94 valence electrons. The van der Waals surface area contributed by atoms with E-state index in [0.29, 0.717) is 24.7 Å². The fourth-order valence-corrected chi connectivity index (χ4v) is 4.39. The molecule has 2 unspecified atom stereocenters. The summed E-state index contributed by atoms with van der Waals surface area (Å²) in [5, 5.41) is 8.70. The minimum Gasteiger partial charge on any atom is -0.480 e. The van der Waals surface area contributed by atoms with Crippen LogP contribution in [0, 0.1) is 11.8 Å². The molecule has 5 heteroatoms. The Hall–Kier alpha value is -1.10. The molecule has 4 aliphatic carbocycles. The second-order valence-corrected chi connectivity index (χ2v) is 5.78. The van der Waals surface area contributed by atoms with Gasteiger partial charge >= 0.3 is 5.97 Å². The lowest BCUT2D eigenvalue weighted by molar-refractivity contribution is -0.176.